The van der Waals surface area contributed by atoms with E-state index in [1.807, 2.05) is 0 Å². The highest BCUT2D eigenvalue weighted by Crippen LogP contribution is 2.64. The summed E-state index contributed by atoms with van der Waals surface area (Å²) < 4.78 is 5.65. The Labute approximate surface area is 535 Å². The molecule has 3 aliphatic heterocycles. The molecule has 90 heavy (non-hydrogen) atoms. The fraction of sp³-hybridized carbons (Fsp3) is 0.333. The van der Waals surface area contributed by atoms with Crippen molar-refractivity contribution in [3.05, 3.63) is 219 Å². The summed E-state index contributed by atoms with van der Waals surface area (Å²) in [5.74, 6) is 0. The van der Waals surface area contributed by atoms with Crippen molar-refractivity contribution < 1.29 is 0 Å². The molecule has 0 amide bonds. The van der Waals surface area contributed by atoms with Gasteiger partial charge in [-0.25, -0.2) is 0 Å². The fourth-order valence-corrected chi connectivity index (χ4v) is 16.8. The molecule has 1 spiro atoms. The van der Waals surface area contributed by atoms with Crippen LogP contribution >= 0.6 is 0 Å². The second kappa shape index (κ2) is 17.8. The van der Waals surface area contributed by atoms with Crippen molar-refractivity contribution in [2.75, 3.05) is 0 Å². The van der Waals surface area contributed by atoms with E-state index in [0.717, 1.165) is 0 Å². The summed E-state index contributed by atoms with van der Waals surface area (Å²) >= 11 is 0. The molecule has 0 radical (unpaired) electrons. The molecular weight excluding hydrogens is 1080 g/mol. The van der Waals surface area contributed by atoms with Crippen molar-refractivity contribution in [3.8, 4) is 44.8 Å². The first-order valence-electron chi connectivity index (χ1n) is 33.5. The van der Waals surface area contributed by atoms with Gasteiger partial charge in [0.15, 0.2) is 0 Å². The maximum Gasteiger partial charge on any atom is 0.252 e. The van der Waals surface area contributed by atoms with Crippen LogP contribution in [0.4, 0.5) is 0 Å². The van der Waals surface area contributed by atoms with Gasteiger partial charge < -0.3 is 9.13 Å². The lowest BCUT2D eigenvalue weighted by Crippen LogP contribution is -2.61. The van der Waals surface area contributed by atoms with E-state index < -0.39 is 5.41 Å². The minimum Gasteiger partial charge on any atom is -0.310 e. The summed E-state index contributed by atoms with van der Waals surface area (Å²) in [6.07, 6.45) is 0. The van der Waals surface area contributed by atoms with E-state index in [2.05, 4.69) is 312 Å². The number of nitrogens with zero attached hydrogens (tertiary/aromatic N) is 2. The molecule has 2 nitrogen and oxygen atoms in total. The minimum absolute atomic E-state index is 0.0495. The maximum absolute atomic E-state index is 2.86. The standard InChI is InChI=1S/C87H89BN2/c1-80(2,3)49-28-26-48(27-29-49)56-35-36-59(58-25-23-22-24-57(56)58)66-47-70-79-74-78(66)89-73-37-32-50(81(4,5)6)38-62(73)63-40-54(85(16,17)18)45-71(76(63)89)88(74)72-46-55(86(19,20)21)41-65-64-39-53(84(13,14)15)44-69(75(64)90(79)77(65)72)87(70)67-42-51(82(7,8)9)30-33-60(67)61-34-31-52(43-68(61)87)83(10,11)12/h22-47H,1-21H3. The first-order chi connectivity index (χ1) is 42.1. The Kier molecular flexibility index (Phi) is 11.3. The summed E-state index contributed by atoms with van der Waals surface area (Å²) in [7, 11) is 0. The van der Waals surface area contributed by atoms with Crippen molar-refractivity contribution in [1.82, 2.24) is 9.13 Å². The van der Waals surface area contributed by atoms with Crippen LogP contribution in [0.1, 0.15) is 207 Å². The molecule has 0 bridgehead atoms. The predicted molar refractivity (Wildman–Crippen MR) is 390 cm³/mol. The smallest absolute Gasteiger partial charge is 0.252 e. The van der Waals surface area contributed by atoms with Crippen LogP contribution in [0, 0.1) is 0 Å². The van der Waals surface area contributed by atoms with Crippen LogP contribution < -0.4 is 16.4 Å². The molecule has 0 saturated carbocycles. The number of rotatable bonds is 2. The van der Waals surface area contributed by atoms with E-state index in [-0.39, 0.29) is 44.6 Å². The summed E-state index contributed by atoms with van der Waals surface area (Å²) in [6.45, 7) is 50.3. The lowest BCUT2D eigenvalue weighted by Gasteiger charge is -2.45. The van der Waals surface area contributed by atoms with Gasteiger partial charge in [0.2, 0.25) is 0 Å². The van der Waals surface area contributed by atoms with Gasteiger partial charge in [-0.2, -0.15) is 0 Å². The molecule has 0 saturated heterocycles. The van der Waals surface area contributed by atoms with E-state index >= 15 is 0 Å². The van der Waals surface area contributed by atoms with E-state index in [4.69, 9.17) is 0 Å². The van der Waals surface area contributed by atoms with Gasteiger partial charge in [-0.05, 0) is 190 Å². The van der Waals surface area contributed by atoms with Crippen LogP contribution in [0.25, 0.3) is 99.1 Å². The summed E-state index contributed by atoms with van der Waals surface area (Å²) in [5.41, 5.74) is 33.7. The molecule has 0 atom stereocenters. The lowest BCUT2D eigenvalue weighted by atomic mass is 9.33. The van der Waals surface area contributed by atoms with E-state index in [1.54, 1.807) is 0 Å². The molecule has 1 aliphatic carbocycles. The SMILES string of the molecule is CC(C)(C)c1ccc(-c2ccc(-c3cc4c5c6c3-n3c7ccc(C(C)(C)C)cc7c7cc(C(C)(C)C)cc(c73)B6c3cc(C(C)(C)C)cc6c7cc(C(C)(C)C)cc(c7n-5c36)C43c4cc(C(C)(C)C)ccc4-c4ccc(C(C)(C)C)cc43)c3ccccc23)cc1. The van der Waals surface area contributed by atoms with Crippen molar-refractivity contribution in [3.63, 3.8) is 0 Å². The van der Waals surface area contributed by atoms with Crippen molar-refractivity contribution in [2.45, 2.75) is 189 Å². The number of hydrogen-bond acceptors (Lipinski definition) is 0. The molecule has 2 aromatic heterocycles. The molecule has 5 heterocycles. The van der Waals surface area contributed by atoms with Crippen LogP contribution in [0.15, 0.2) is 158 Å². The molecule has 12 aromatic rings. The molecule has 0 N–H and O–H groups in total. The maximum atomic E-state index is 2.86. The highest BCUT2D eigenvalue weighted by atomic mass is 15.1. The van der Waals surface area contributed by atoms with Crippen LogP contribution in [0.3, 0.4) is 0 Å². The number of benzene rings is 10. The molecule has 10 aromatic carbocycles. The molecule has 450 valence electrons. The summed E-state index contributed by atoms with van der Waals surface area (Å²) in [6, 6.07) is 65.2. The van der Waals surface area contributed by atoms with Gasteiger partial charge in [-0.3, -0.25) is 0 Å². The second-order valence-electron chi connectivity index (χ2n) is 35.1. The monoisotopic (exact) mass is 1170 g/mol. The molecular formula is C87H89BN2. The normalized spacial score (nSPS) is 15.0. The van der Waals surface area contributed by atoms with Gasteiger partial charge in [0.1, 0.15) is 0 Å². The third-order valence-electron chi connectivity index (χ3n) is 22.0. The van der Waals surface area contributed by atoms with Crippen molar-refractivity contribution >= 4 is 77.5 Å². The van der Waals surface area contributed by atoms with Gasteiger partial charge in [0, 0.05) is 43.8 Å². The van der Waals surface area contributed by atoms with Crippen molar-refractivity contribution in [2.24, 2.45) is 0 Å². The second-order valence-corrected chi connectivity index (χ2v) is 35.1. The highest BCUT2D eigenvalue weighted by Gasteiger charge is 2.56. The van der Waals surface area contributed by atoms with Gasteiger partial charge in [-0.15, -0.1) is 0 Å². The zero-order valence-electron chi connectivity index (χ0n) is 57.5. The third-order valence-corrected chi connectivity index (χ3v) is 22.0. The average molecular weight is 1170 g/mol. The average Bonchev–Trinajstić information content (AvgIpc) is 1.39. The summed E-state index contributed by atoms with van der Waals surface area (Å²) in [5, 5.41) is 7.93. The largest absolute Gasteiger partial charge is 0.310 e. The first-order valence-corrected chi connectivity index (χ1v) is 33.5. The lowest BCUT2D eigenvalue weighted by molar-refractivity contribution is 0.583. The van der Waals surface area contributed by atoms with Gasteiger partial charge in [0.05, 0.1) is 22.1 Å². The number of hydrogen-bond donors (Lipinski definition) is 0. The number of fused-ring (bicyclic) bond motifs is 15. The Balaban J connectivity index is 1.20. The fourth-order valence-electron chi connectivity index (χ4n) is 16.8. The predicted octanol–water partition coefficient (Wildman–Crippen LogP) is 21.3. The van der Waals surface area contributed by atoms with Crippen LogP contribution in [0.2, 0.25) is 0 Å². The highest BCUT2D eigenvalue weighted by molar-refractivity contribution is 7.00. The summed E-state index contributed by atoms with van der Waals surface area (Å²) in [4.78, 5) is 0. The van der Waals surface area contributed by atoms with Gasteiger partial charge in [0.25, 0.3) is 6.71 Å². The molecule has 0 unspecified atom stereocenters. The van der Waals surface area contributed by atoms with Gasteiger partial charge >= 0.3 is 0 Å². The zero-order valence-corrected chi connectivity index (χ0v) is 57.5. The van der Waals surface area contributed by atoms with Gasteiger partial charge in [-0.1, -0.05) is 267 Å². The number of aromatic nitrogens is 2. The van der Waals surface area contributed by atoms with E-state index in [0.29, 0.717) is 0 Å². The quantitative estimate of drug-likeness (QED) is 0.153. The Morgan fingerprint density at radius 1 is 0.278 bits per heavy atom. The molecule has 3 heteroatoms. The third kappa shape index (κ3) is 7.71. The Hall–Kier alpha value is -7.88. The minimum atomic E-state index is -0.737. The first kappa shape index (κ1) is 57.3. The topological polar surface area (TPSA) is 9.86 Å². The van der Waals surface area contributed by atoms with Crippen LogP contribution in [-0.4, -0.2) is 15.8 Å². The Morgan fingerprint density at radius 3 is 1.20 bits per heavy atom. The Morgan fingerprint density at radius 2 is 0.678 bits per heavy atom. The molecule has 16 rings (SSSR count). The van der Waals surface area contributed by atoms with Crippen LogP contribution in [0.5, 0.6) is 0 Å². The molecule has 0 fully saturated rings. The van der Waals surface area contributed by atoms with E-state index in [1.165, 1.54) is 177 Å². The van der Waals surface area contributed by atoms with Crippen LogP contribution in [-0.2, 0) is 43.3 Å². The van der Waals surface area contributed by atoms with Crippen molar-refractivity contribution in [1.29, 1.82) is 0 Å². The Bertz CT molecular complexity index is 5120. The van der Waals surface area contributed by atoms with E-state index in [9.17, 15) is 0 Å². The zero-order chi connectivity index (χ0) is 63.6. The molecule has 4 aliphatic rings.